The highest BCUT2D eigenvalue weighted by atomic mass is 32.1. The van der Waals surface area contributed by atoms with Crippen LogP contribution in [0.2, 0.25) is 0 Å². The molecule has 0 aliphatic heterocycles. The SMILES string of the molecule is CCc1noc(C)c1C(=O)Nc1nc(-c2ccc(OC)c(OC)c2)cs1. The number of nitrogens with zero attached hydrogens (tertiary/aromatic N) is 2. The Hall–Kier alpha value is -2.87. The molecule has 0 spiro atoms. The zero-order valence-electron chi connectivity index (χ0n) is 15.0. The van der Waals surface area contributed by atoms with E-state index in [1.54, 1.807) is 21.1 Å². The summed E-state index contributed by atoms with van der Waals surface area (Å²) in [7, 11) is 3.17. The number of carbonyl (C=O) groups is 1. The highest BCUT2D eigenvalue weighted by molar-refractivity contribution is 7.14. The molecule has 0 radical (unpaired) electrons. The third-order valence-corrected chi connectivity index (χ3v) is 4.66. The van der Waals surface area contributed by atoms with E-state index in [4.69, 9.17) is 14.0 Å². The third kappa shape index (κ3) is 3.41. The van der Waals surface area contributed by atoms with Gasteiger partial charge < -0.3 is 14.0 Å². The molecule has 1 amide bonds. The Morgan fingerprint density at radius 2 is 2.04 bits per heavy atom. The van der Waals surface area contributed by atoms with Crippen LogP contribution >= 0.6 is 11.3 Å². The molecule has 0 aliphatic rings. The molecule has 3 aromatic rings. The molecule has 7 nitrogen and oxygen atoms in total. The molecule has 0 unspecified atom stereocenters. The van der Waals surface area contributed by atoms with E-state index in [0.29, 0.717) is 40.1 Å². The molecule has 26 heavy (non-hydrogen) atoms. The van der Waals surface area contributed by atoms with E-state index in [0.717, 1.165) is 11.3 Å². The van der Waals surface area contributed by atoms with Gasteiger partial charge in [-0.15, -0.1) is 11.3 Å². The standard InChI is InChI=1S/C18H19N3O4S/c1-5-12-16(10(2)25-21-12)17(22)20-18-19-13(9-26-18)11-6-7-14(23-3)15(8-11)24-4/h6-9H,5H2,1-4H3,(H,19,20,22). The summed E-state index contributed by atoms with van der Waals surface area (Å²) in [5.41, 5.74) is 2.71. The number of aromatic nitrogens is 2. The maximum atomic E-state index is 12.5. The smallest absolute Gasteiger partial charge is 0.262 e. The summed E-state index contributed by atoms with van der Waals surface area (Å²) in [6.45, 7) is 3.64. The van der Waals surface area contributed by atoms with E-state index < -0.39 is 0 Å². The summed E-state index contributed by atoms with van der Waals surface area (Å²) >= 11 is 1.35. The topological polar surface area (TPSA) is 86.5 Å². The molecular formula is C18H19N3O4S. The molecule has 1 N–H and O–H groups in total. The zero-order valence-corrected chi connectivity index (χ0v) is 15.8. The monoisotopic (exact) mass is 373 g/mol. The molecule has 2 aromatic heterocycles. The zero-order chi connectivity index (χ0) is 18.7. The van der Waals surface area contributed by atoms with Crippen LogP contribution in [0.25, 0.3) is 11.3 Å². The number of carbonyl (C=O) groups excluding carboxylic acids is 1. The first-order valence-electron chi connectivity index (χ1n) is 8.01. The first kappa shape index (κ1) is 17.9. The molecule has 0 bridgehead atoms. The fourth-order valence-corrected chi connectivity index (χ4v) is 3.28. The Balaban J connectivity index is 1.82. The number of amides is 1. The van der Waals surface area contributed by atoms with E-state index in [-0.39, 0.29) is 5.91 Å². The fourth-order valence-electron chi connectivity index (χ4n) is 2.57. The summed E-state index contributed by atoms with van der Waals surface area (Å²) in [4.78, 5) is 17.0. The Morgan fingerprint density at radius 3 is 2.73 bits per heavy atom. The van der Waals surface area contributed by atoms with E-state index in [1.807, 2.05) is 30.5 Å². The normalized spacial score (nSPS) is 10.6. The molecule has 8 heteroatoms. The van der Waals surface area contributed by atoms with Gasteiger partial charge in [0.15, 0.2) is 16.6 Å². The van der Waals surface area contributed by atoms with Crippen molar-refractivity contribution in [2.75, 3.05) is 19.5 Å². The summed E-state index contributed by atoms with van der Waals surface area (Å²) in [5, 5.41) is 9.10. The van der Waals surface area contributed by atoms with Gasteiger partial charge in [-0.3, -0.25) is 10.1 Å². The number of rotatable bonds is 6. The number of hydrogen-bond acceptors (Lipinski definition) is 7. The van der Waals surface area contributed by atoms with Crippen LogP contribution < -0.4 is 14.8 Å². The van der Waals surface area contributed by atoms with Crippen LogP contribution in [0.3, 0.4) is 0 Å². The van der Waals surface area contributed by atoms with E-state index in [9.17, 15) is 4.79 Å². The molecule has 136 valence electrons. The Kier molecular flexibility index (Phi) is 5.22. The molecule has 0 fully saturated rings. The van der Waals surface area contributed by atoms with Gasteiger partial charge in [0.25, 0.3) is 5.91 Å². The highest BCUT2D eigenvalue weighted by Gasteiger charge is 2.20. The summed E-state index contributed by atoms with van der Waals surface area (Å²) in [5.74, 6) is 1.50. The number of methoxy groups -OCH3 is 2. The van der Waals surface area contributed by atoms with Gasteiger partial charge in [0.1, 0.15) is 11.3 Å². The van der Waals surface area contributed by atoms with E-state index >= 15 is 0 Å². The van der Waals surface area contributed by atoms with Crippen molar-refractivity contribution in [3.8, 4) is 22.8 Å². The van der Waals surface area contributed by atoms with Crippen LogP contribution in [-0.2, 0) is 6.42 Å². The van der Waals surface area contributed by atoms with Crippen molar-refractivity contribution in [3.63, 3.8) is 0 Å². The van der Waals surface area contributed by atoms with Crippen molar-refractivity contribution in [3.05, 3.63) is 40.6 Å². The average Bonchev–Trinajstić information content (AvgIpc) is 3.27. The summed E-state index contributed by atoms with van der Waals surface area (Å²) < 4.78 is 15.7. The Labute approximate surface area is 154 Å². The molecule has 0 aliphatic carbocycles. The maximum Gasteiger partial charge on any atom is 0.262 e. The van der Waals surface area contributed by atoms with Crippen LogP contribution in [0.5, 0.6) is 11.5 Å². The minimum atomic E-state index is -0.270. The van der Waals surface area contributed by atoms with Gasteiger partial charge >= 0.3 is 0 Å². The number of hydrogen-bond donors (Lipinski definition) is 1. The Morgan fingerprint density at radius 1 is 1.27 bits per heavy atom. The van der Waals surface area contributed by atoms with Gasteiger partial charge in [0.05, 0.1) is 25.6 Å². The molecular weight excluding hydrogens is 354 g/mol. The van der Waals surface area contributed by atoms with E-state index in [1.165, 1.54) is 11.3 Å². The summed E-state index contributed by atoms with van der Waals surface area (Å²) in [6, 6.07) is 5.56. The van der Waals surface area contributed by atoms with Crippen LogP contribution in [0.4, 0.5) is 5.13 Å². The van der Waals surface area contributed by atoms with Crippen LogP contribution in [-0.4, -0.2) is 30.3 Å². The largest absolute Gasteiger partial charge is 0.493 e. The van der Waals surface area contributed by atoms with Crippen molar-refractivity contribution in [2.45, 2.75) is 20.3 Å². The number of benzene rings is 1. The highest BCUT2D eigenvalue weighted by Crippen LogP contribution is 2.33. The lowest BCUT2D eigenvalue weighted by Gasteiger charge is -2.08. The van der Waals surface area contributed by atoms with Gasteiger partial charge in [-0.05, 0) is 31.5 Å². The predicted molar refractivity (Wildman–Crippen MR) is 99.2 cm³/mol. The third-order valence-electron chi connectivity index (χ3n) is 3.90. The van der Waals surface area contributed by atoms with Gasteiger partial charge in [0.2, 0.25) is 0 Å². The van der Waals surface area contributed by atoms with Crippen molar-refractivity contribution in [1.29, 1.82) is 0 Å². The van der Waals surface area contributed by atoms with Gasteiger partial charge in [0, 0.05) is 10.9 Å². The van der Waals surface area contributed by atoms with Crippen molar-refractivity contribution >= 4 is 22.4 Å². The van der Waals surface area contributed by atoms with Crippen molar-refractivity contribution in [2.24, 2.45) is 0 Å². The van der Waals surface area contributed by atoms with Crippen LogP contribution in [0.15, 0.2) is 28.1 Å². The molecule has 0 saturated heterocycles. The number of ether oxygens (including phenoxy) is 2. The first-order valence-corrected chi connectivity index (χ1v) is 8.89. The first-order chi connectivity index (χ1) is 12.6. The van der Waals surface area contributed by atoms with Crippen molar-refractivity contribution in [1.82, 2.24) is 10.1 Å². The molecule has 0 saturated carbocycles. The lowest BCUT2D eigenvalue weighted by molar-refractivity contribution is 0.102. The fraction of sp³-hybridized carbons (Fsp3) is 0.278. The second-order valence-electron chi connectivity index (χ2n) is 5.48. The molecule has 3 rings (SSSR count). The molecule has 0 atom stereocenters. The molecule has 2 heterocycles. The number of anilines is 1. The van der Waals surface area contributed by atoms with Crippen LogP contribution in [0.1, 0.15) is 28.7 Å². The van der Waals surface area contributed by atoms with Gasteiger partial charge in [-0.1, -0.05) is 12.1 Å². The number of aryl methyl sites for hydroxylation is 2. The minimum Gasteiger partial charge on any atom is -0.493 e. The maximum absolute atomic E-state index is 12.5. The van der Waals surface area contributed by atoms with E-state index in [2.05, 4.69) is 15.5 Å². The van der Waals surface area contributed by atoms with Gasteiger partial charge in [-0.25, -0.2) is 4.98 Å². The Bertz CT molecular complexity index is 932. The quantitative estimate of drug-likeness (QED) is 0.704. The number of thiazole rings is 1. The molecule has 1 aromatic carbocycles. The average molecular weight is 373 g/mol. The lowest BCUT2D eigenvalue weighted by Crippen LogP contribution is -2.14. The van der Waals surface area contributed by atoms with Crippen LogP contribution in [0, 0.1) is 6.92 Å². The summed E-state index contributed by atoms with van der Waals surface area (Å²) in [6.07, 6.45) is 0.620. The second kappa shape index (κ2) is 7.57. The number of nitrogens with one attached hydrogen (secondary N) is 1. The van der Waals surface area contributed by atoms with Crippen molar-refractivity contribution < 1.29 is 18.8 Å². The minimum absolute atomic E-state index is 0.270. The van der Waals surface area contributed by atoms with Gasteiger partial charge in [-0.2, -0.15) is 0 Å². The predicted octanol–water partition coefficient (Wildman–Crippen LogP) is 3.94. The lowest BCUT2D eigenvalue weighted by atomic mass is 10.1. The second-order valence-corrected chi connectivity index (χ2v) is 6.33.